The van der Waals surface area contributed by atoms with E-state index in [9.17, 15) is 18.0 Å². The zero-order valence-electron chi connectivity index (χ0n) is 20.7. The molecule has 8 nitrogen and oxygen atoms in total. The van der Waals surface area contributed by atoms with Gasteiger partial charge in [0.25, 0.3) is 0 Å². The van der Waals surface area contributed by atoms with Crippen molar-refractivity contribution in [2.75, 3.05) is 51.3 Å². The Kier molecular flexibility index (Phi) is 6.59. The van der Waals surface area contributed by atoms with Crippen LogP contribution in [0.3, 0.4) is 0 Å². The van der Waals surface area contributed by atoms with Crippen LogP contribution in [0.2, 0.25) is 0 Å². The highest BCUT2D eigenvalue weighted by Gasteiger charge is 2.54. The summed E-state index contributed by atoms with van der Waals surface area (Å²) in [6, 6.07) is 10.6. The molecule has 3 amide bonds. The molecule has 0 atom stereocenters. The molecule has 0 unspecified atom stereocenters. The standard InChI is InChI=1S/C26H38N4O4S/c1-27-26(22-8-3-2-4-9-22)12-10-25(11-13-26)20-29(24(32)30(25)18-21-6-5-7-21)19-23(31)28-14-16-35(33,34)17-15-28/h2-4,8-9,21,27H,5-7,10-20H2,1H3/t25-,26+. The van der Waals surface area contributed by atoms with Crippen molar-refractivity contribution in [3.8, 4) is 0 Å². The van der Waals surface area contributed by atoms with E-state index >= 15 is 0 Å². The fourth-order valence-corrected chi connectivity index (χ4v) is 7.65. The van der Waals surface area contributed by atoms with E-state index in [4.69, 9.17) is 0 Å². The Morgan fingerprint density at radius 1 is 1.06 bits per heavy atom. The lowest BCUT2D eigenvalue weighted by Crippen LogP contribution is -2.56. The summed E-state index contributed by atoms with van der Waals surface area (Å²) in [7, 11) is -1.02. The van der Waals surface area contributed by atoms with Crippen molar-refractivity contribution in [2.24, 2.45) is 5.92 Å². The van der Waals surface area contributed by atoms with Gasteiger partial charge in [0, 0.05) is 31.7 Å². The van der Waals surface area contributed by atoms with Crippen LogP contribution in [0.1, 0.15) is 50.5 Å². The van der Waals surface area contributed by atoms with Gasteiger partial charge < -0.3 is 20.0 Å². The van der Waals surface area contributed by atoms with Gasteiger partial charge in [-0.1, -0.05) is 36.8 Å². The van der Waals surface area contributed by atoms with E-state index in [0.29, 0.717) is 12.5 Å². The Balaban J connectivity index is 1.32. The predicted molar refractivity (Wildman–Crippen MR) is 135 cm³/mol. The Morgan fingerprint density at radius 3 is 2.29 bits per heavy atom. The highest BCUT2D eigenvalue weighted by atomic mass is 32.2. The first-order valence-electron chi connectivity index (χ1n) is 13.1. The lowest BCUT2D eigenvalue weighted by molar-refractivity contribution is -0.131. The lowest BCUT2D eigenvalue weighted by atomic mass is 9.68. The molecule has 192 valence electrons. The summed E-state index contributed by atoms with van der Waals surface area (Å²) in [6.45, 7) is 1.84. The second-order valence-electron chi connectivity index (χ2n) is 11.0. The Bertz CT molecular complexity index is 1030. The number of carbonyl (C=O) groups is 2. The van der Waals surface area contributed by atoms with Crippen LogP contribution in [0, 0.1) is 5.92 Å². The summed E-state index contributed by atoms with van der Waals surface area (Å²) < 4.78 is 23.5. The molecule has 9 heteroatoms. The lowest BCUT2D eigenvalue weighted by Gasteiger charge is -2.49. The number of amides is 3. The highest BCUT2D eigenvalue weighted by Crippen LogP contribution is 2.47. The number of hydrogen-bond donors (Lipinski definition) is 1. The molecule has 2 aliphatic carbocycles. The Hall–Kier alpha value is -2.13. The molecule has 0 radical (unpaired) electrons. The number of sulfone groups is 1. The molecule has 4 fully saturated rings. The fraction of sp³-hybridized carbons (Fsp3) is 0.692. The molecule has 1 spiro atoms. The van der Waals surface area contributed by atoms with Crippen molar-refractivity contribution >= 4 is 21.8 Å². The van der Waals surface area contributed by atoms with E-state index in [1.54, 1.807) is 9.80 Å². The second kappa shape index (κ2) is 9.39. The Morgan fingerprint density at radius 2 is 1.71 bits per heavy atom. The van der Waals surface area contributed by atoms with E-state index in [0.717, 1.165) is 32.2 Å². The minimum atomic E-state index is -3.05. The SMILES string of the molecule is CN[C@]1(c2ccccc2)CC[C@]2(CC1)CN(CC(=O)N1CCS(=O)(=O)CC1)C(=O)N2CC1CCC1. The topological polar surface area (TPSA) is 90.0 Å². The van der Waals surface area contributed by atoms with E-state index in [-0.39, 0.29) is 54.2 Å². The van der Waals surface area contributed by atoms with Gasteiger partial charge in [-0.05, 0) is 57.1 Å². The number of nitrogens with one attached hydrogen (secondary N) is 1. The number of rotatable bonds is 6. The molecule has 1 N–H and O–H groups in total. The molecule has 2 saturated carbocycles. The van der Waals surface area contributed by atoms with Gasteiger partial charge in [-0.2, -0.15) is 0 Å². The van der Waals surface area contributed by atoms with Gasteiger partial charge in [0.15, 0.2) is 9.84 Å². The summed E-state index contributed by atoms with van der Waals surface area (Å²) in [5, 5.41) is 3.60. The van der Waals surface area contributed by atoms with Crippen LogP contribution in [0.4, 0.5) is 4.79 Å². The van der Waals surface area contributed by atoms with Crippen LogP contribution in [0.5, 0.6) is 0 Å². The highest BCUT2D eigenvalue weighted by molar-refractivity contribution is 7.91. The maximum absolute atomic E-state index is 13.6. The molecule has 2 aliphatic heterocycles. The van der Waals surface area contributed by atoms with Crippen LogP contribution in [-0.2, 0) is 20.2 Å². The number of carbonyl (C=O) groups excluding carboxylic acids is 2. The van der Waals surface area contributed by atoms with Crippen molar-refractivity contribution < 1.29 is 18.0 Å². The average Bonchev–Trinajstić information content (AvgIpc) is 3.07. The number of benzene rings is 1. The van der Waals surface area contributed by atoms with E-state index in [1.165, 1.54) is 24.8 Å². The van der Waals surface area contributed by atoms with Gasteiger partial charge in [0.2, 0.25) is 5.91 Å². The van der Waals surface area contributed by atoms with Gasteiger partial charge in [-0.3, -0.25) is 4.79 Å². The van der Waals surface area contributed by atoms with Crippen LogP contribution in [-0.4, -0.2) is 91.9 Å². The summed E-state index contributed by atoms with van der Waals surface area (Å²) >= 11 is 0. The van der Waals surface area contributed by atoms with Gasteiger partial charge >= 0.3 is 6.03 Å². The maximum atomic E-state index is 13.6. The molecule has 0 aromatic heterocycles. The van der Waals surface area contributed by atoms with E-state index < -0.39 is 9.84 Å². The first-order valence-corrected chi connectivity index (χ1v) is 14.9. The van der Waals surface area contributed by atoms with Crippen LogP contribution >= 0.6 is 0 Å². The maximum Gasteiger partial charge on any atom is 0.321 e. The van der Waals surface area contributed by atoms with Crippen LogP contribution < -0.4 is 5.32 Å². The largest absolute Gasteiger partial charge is 0.339 e. The van der Waals surface area contributed by atoms with Gasteiger partial charge in [0.05, 0.1) is 17.0 Å². The monoisotopic (exact) mass is 502 g/mol. The predicted octanol–water partition coefficient (Wildman–Crippen LogP) is 2.21. The second-order valence-corrected chi connectivity index (χ2v) is 13.3. The quantitative estimate of drug-likeness (QED) is 0.644. The minimum absolute atomic E-state index is 0.00994. The smallest absolute Gasteiger partial charge is 0.321 e. The summed E-state index contributed by atoms with van der Waals surface area (Å²) in [4.78, 5) is 32.1. The first-order chi connectivity index (χ1) is 16.8. The molecule has 5 rings (SSSR count). The van der Waals surface area contributed by atoms with E-state index in [1.807, 2.05) is 13.1 Å². The van der Waals surface area contributed by atoms with Gasteiger partial charge in [0.1, 0.15) is 6.54 Å². The molecule has 35 heavy (non-hydrogen) atoms. The molecule has 1 aromatic carbocycles. The molecule has 2 saturated heterocycles. The number of hydrogen-bond acceptors (Lipinski definition) is 5. The van der Waals surface area contributed by atoms with E-state index in [2.05, 4.69) is 34.5 Å². The van der Waals surface area contributed by atoms with Crippen molar-refractivity contribution in [1.82, 2.24) is 20.0 Å². The third-order valence-corrected chi connectivity index (χ3v) is 10.7. The summed E-state index contributed by atoms with van der Waals surface area (Å²) in [5.41, 5.74) is 0.951. The molecular weight excluding hydrogens is 464 g/mol. The Labute approximate surface area is 208 Å². The molecule has 2 heterocycles. The zero-order chi connectivity index (χ0) is 24.7. The van der Waals surface area contributed by atoms with Crippen molar-refractivity contribution in [3.63, 3.8) is 0 Å². The van der Waals surface area contributed by atoms with Crippen molar-refractivity contribution in [1.29, 1.82) is 0 Å². The zero-order valence-corrected chi connectivity index (χ0v) is 21.6. The van der Waals surface area contributed by atoms with Crippen molar-refractivity contribution in [3.05, 3.63) is 35.9 Å². The third kappa shape index (κ3) is 4.69. The third-order valence-electron chi connectivity index (χ3n) is 9.09. The first kappa shape index (κ1) is 24.6. The van der Waals surface area contributed by atoms with Gasteiger partial charge in [-0.25, -0.2) is 13.2 Å². The van der Waals surface area contributed by atoms with Crippen molar-refractivity contribution in [2.45, 2.75) is 56.0 Å². The average molecular weight is 503 g/mol. The summed E-state index contributed by atoms with van der Waals surface area (Å²) in [5.74, 6) is 0.439. The van der Waals surface area contributed by atoms with Crippen LogP contribution in [0.25, 0.3) is 0 Å². The molecule has 4 aliphatic rings. The fourth-order valence-electron chi connectivity index (χ4n) is 6.45. The molecule has 0 bridgehead atoms. The molecular formula is C26H38N4O4S. The van der Waals surface area contributed by atoms with Gasteiger partial charge in [-0.15, -0.1) is 0 Å². The minimum Gasteiger partial charge on any atom is -0.339 e. The molecule has 1 aromatic rings. The number of urea groups is 1. The van der Waals surface area contributed by atoms with Crippen LogP contribution in [0.15, 0.2) is 30.3 Å². The number of nitrogens with zero attached hydrogens (tertiary/aromatic N) is 3. The normalized spacial score (nSPS) is 31.1. The summed E-state index contributed by atoms with van der Waals surface area (Å²) in [6.07, 6.45) is 7.25.